The number of methoxy groups -OCH3 is 1. The number of rotatable bonds is 7. The minimum absolute atomic E-state index is 0.0571. The largest absolute Gasteiger partial charge is 0.494 e. The van der Waals surface area contributed by atoms with Crippen LogP contribution >= 0.6 is 0 Å². The van der Waals surface area contributed by atoms with Gasteiger partial charge in [-0.05, 0) is 41.7 Å². The quantitative estimate of drug-likeness (QED) is 0.277. The predicted molar refractivity (Wildman–Crippen MR) is 129 cm³/mol. The molecule has 1 heterocycles. The molecule has 0 radical (unpaired) electrons. The van der Waals surface area contributed by atoms with Crippen molar-refractivity contribution in [2.45, 2.75) is 18.9 Å². The molecule has 3 fully saturated rings. The number of likely N-dealkylation sites (tertiary alicyclic amines) is 1. The first-order valence-corrected chi connectivity index (χ1v) is 12.1. The zero-order valence-electron chi connectivity index (χ0n) is 19.6. The first kappa shape index (κ1) is 22.5. The number of allylic oxidation sites excluding steroid dienone is 2. The van der Waals surface area contributed by atoms with E-state index in [9.17, 15) is 24.5 Å². The Hall–Kier alpha value is -4.01. The van der Waals surface area contributed by atoms with Crippen LogP contribution in [0.25, 0.3) is 0 Å². The standard InChI is InChI=1S/C27H25N3O6/c1-36-22-12-15(30(34)35)7-10-20(22)28-25(31)21(11-14-5-3-2-4-6-14)29-26(32)23-16-8-9-17(19-13-18(16)19)24(23)27(29)33/h2-10,12,16-19,21,23-24H,11,13H2,1H3,(H,28,31). The zero-order valence-corrected chi connectivity index (χ0v) is 19.6. The smallest absolute Gasteiger partial charge is 0.273 e. The summed E-state index contributed by atoms with van der Waals surface area (Å²) < 4.78 is 5.26. The van der Waals surface area contributed by atoms with Gasteiger partial charge in [-0.2, -0.15) is 0 Å². The van der Waals surface area contributed by atoms with Gasteiger partial charge in [0.25, 0.3) is 5.69 Å². The van der Waals surface area contributed by atoms with Gasteiger partial charge in [0.05, 0.1) is 35.6 Å². The number of nitro groups is 1. The lowest BCUT2D eigenvalue weighted by Crippen LogP contribution is -2.49. The Labute approximate surface area is 207 Å². The number of anilines is 1. The summed E-state index contributed by atoms with van der Waals surface area (Å²) in [6.45, 7) is 0. The maximum atomic E-state index is 13.7. The number of hydrogen-bond donors (Lipinski definition) is 1. The highest BCUT2D eigenvalue weighted by Gasteiger charge is 2.67. The van der Waals surface area contributed by atoms with Crippen LogP contribution in [-0.4, -0.2) is 40.7 Å². The van der Waals surface area contributed by atoms with Crippen molar-refractivity contribution in [3.05, 3.63) is 76.4 Å². The fourth-order valence-corrected chi connectivity index (χ4v) is 6.54. The number of carbonyl (C=O) groups excluding carboxylic acids is 3. The van der Waals surface area contributed by atoms with E-state index in [1.165, 1.54) is 30.2 Å². The molecule has 7 atom stereocenters. The number of nitrogens with one attached hydrogen (secondary N) is 1. The molecule has 7 rings (SSSR count). The lowest BCUT2D eigenvalue weighted by Gasteiger charge is -2.37. The third-order valence-electron chi connectivity index (χ3n) is 8.24. The zero-order chi connectivity index (χ0) is 25.1. The van der Waals surface area contributed by atoms with Crippen LogP contribution in [0.2, 0.25) is 0 Å². The fourth-order valence-electron chi connectivity index (χ4n) is 6.54. The van der Waals surface area contributed by atoms with Gasteiger partial charge in [-0.3, -0.25) is 29.4 Å². The number of nitrogens with zero attached hydrogens (tertiary/aromatic N) is 2. The summed E-state index contributed by atoms with van der Waals surface area (Å²) in [5, 5.41) is 13.9. The third kappa shape index (κ3) is 3.41. The number of carbonyl (C=O) groups is 3. The lowest BCUT2D eigenvalue weighted by atomic mass is 9.63. The summed E-state index contributed by atoms with van der Waals surface area (Å²) in [6, 6.07) is 12.1. The van der Waals surface area contributed by atoms with Crippen molar-refractivity contribution < 1.29 is 24.0 Å². The van der Waals surface area contributed by atoms with Crippen molar-refractivity contribution in [1.29, 1.82) is 0 Å². The van der Waals surface area contributed by atoms with E-state index in [1.54, 1.807) is 0 Å². The Balaban J connectivity index is 1.33. The van der Waals surface area contributed by atoms with E-state index in [0.717, 1.165) is 12.0 Å². The van der Waals surface area contributed by atoms with E-state index in [1.807, 2.05) is 30.3 Å². The van der Waals surface area contributed by atoms with Crippen LogP contribution in [0.4, 0.5) is 11.4 Å². The first-order chi connectivity index (χ1) is 17.4. The molecule has 2 bridgehead atoms. The summed E-state index contributed by atoms with van der Waals surface area (Å²) in [4.78, 5) is 52.9. The van der Waals surface area contributed by atoms with Crippen LogP contribution in [0.5, 0.6) is 5.75 Å². The molecular formula is C27H25N3O6. The maximum absolute atomic E-state index is 13.7. The fraction of sp³-hybridized carbons (Fsp3) is 0.370. The van der Waals surface area contributed by atoms with Gasteiger partial charge in [-0.1, -0.05) is 42.5 Å². The first-order valence-electron chi connectivity index (χ1n) is 12.1. The van der Waals surface area contributed by atoms with E-state index in [4.69, 9.17) is 4.74 Å². The number of non-ortho nitro benzene ring substituents is 1. The van der Waals surface area contributed by atoms with Crippen LogP contribution in [0, 0.1) is 45.6 Å². The Morgan fingerprint density at radius 1 is 1.08 bits per heavy atom. The van der Waals surface area contributed by atoms with Crippen LogP contribution in [0.1, 0.15) is 12.0 Å². The summed E-state index contributed by atoms with van der Waals surface area (Å²) in [5.74, 6) is -0.756. The van der Waals surface area contributed by atoms with Crippen molar-refractivity contribution in [3.63, 3.8) is 0 Å². The van der Waals surface area contributed by atoms with Crippen LogP contribution in [0.3, 0.4) is 0 Å². The number of nitro benzene ring substituents is 1. The van der Waals surface area contributed by atoms with Gasteiger partial charge in [-0.25, -0.2) is 0 Å². The molecule has 1 saturated heterocycles. The van der Waals surface area contributed by atoms with Crippen molar-refractivity contribution in [1.82, 2.24) is 4.90 Å². The lowest BCUT2D eigenvalue weighted by molar-refractivity contribution is -0.384. The average Bonchev–Trinajstić information content (AvgIpc) is 3.67. The molecule has 7 unspecified atom stereocenters. The van der Waals surface area contributed by atoms with Crippen molar-refractivity contribution >= 4 is 29.1 Å². The molecule has 9 nitrogen and oxygen atoms in total. The van der Waals surface area contributed by atoms with E-state index in [0.29, 0.717) is 11.8 Å². The number of ether oxygens (including phenoxy) is 1. The second kappa shape index (κ2) is 8.29. The number of amides is 3. The Bertz CT molecular complexity index is 1270. The molecular weight excluding hydrogens is 462 g/mol. The molecule has 5 aliphatic rings. The third-order valence-corrected chi connectivity index (χ3v) is 8.24. The van der Waals surface area contributed by atoms with Crippen LogP contribution in [-0.2, 0) is 20.8 Å². The van der Waals surface area contributed by atoms with E-state index in [-0.39, 0.29) is 47.2 Å². The van der Waals surface area contributed by atoms with Gasteiger partial charge in [0, 0.05) is 12.5 Å². The van der Waals surface area contributed by atoms with Gasteiger partial charge < -0.3 is 10.1 Å². The van der Waals surface area contributed by atoms with Crippen molar-refractivity contribution in [3.8, 4) is 5.75 Å². The van der Waals surface area contributed by atoms with Crippen LogP contribution in [0.15, 0.2) is 60.7 Å². The van der Waals surface area contributed by atoms with Gasteiger partial charge in [0.15, 0.2) is 0 Å². The van der Waals surface area contributed by atoms with Gasteiger partial charge in [-0.15, -0.1) is 0 Å². The second-order valence-corrected chi connectivity index (χ2v) is 10.0. The Kier molecular flexibility index (Phi) is 5.17. The minimum atomic E-state index is -1.06. The monoisotopic (exact) mass is 487 g/mol. The molecule has 4 aliphatic carbocycles. The highest BCUT2D eigenvalue weighted by atomic mass is 16.6. The Morgan fingerprint density at radius 2 is 1.72 bits per heavy atom. The summed E-state index contributed by atoms with van der Waals surface area (Å²) in [5.41, 5.74) is 0.861. The molecule has 9 heteroatoms. The van der Waals surface area contributed by atoms with Gasteiger partial charge in [0.1, 0.15) is 11.8 Å². The van der Waals surface area contributed by atoms with Crippen LogP contribution < -0.4 is 10.1 Å². The molecule has 1 aliphatic heterocycles. The highest BCUT2D eigenvalue weighted by molar-refractivity contribution is 6.11. The molecule has 2 aromatic carbocycles. The maximum Gasteiger partial charge on any atom is 0.273 e. The van der Waals surface area contributed by atoms with Gasteiger partial charge >= 0.3 is 0 Å². The molecule has 1 N–H and O–H groups in total. The average molecular weight is 488 g/mol. The van der Waals surface area contributed by atoms with E-state index >= 15 is 0 Å². The SMILES string of the molecule is COc1cc([N+](=O)[O-])ccc1NC(=O)C(Cc1ccccc1)N1C(=O)C2C3C=CC(C4CC34)C2C1=O. The topological polar surface area (TPSA) is 119 Å². The van der Waals surface area contributed by atoms with Crippen molar-refractivity contribution in [2.24, 2.45) is 35.5 Å². The van der Waals surface area contributed by atoms with Gasteiger partial charge in [0.2, 0.25) is 17.7 Å². The summed E-state index contributed by atoms with van der Waals surface area (Å²) >= 11 is 0. The molecule has 0 spiro atoms. The molecule has 3 amide bonds. The Morgan fingerprint density at radius 3 is 2.31 bits per heavy atom. The molecule has 0 aromatic heterocycles. The highest BCUT2D eigenvalue weighted by Crippen LogP contribution is 2.65. The second-order valence-electron chi connectivity index (χ2n) is 10.0. The molecule has 36 heavy (non-hydrogen) atoms. The number of benzene rings is 2. The molecule has 2 aromatic rings. The normalized spacial score (nSPS) is 30.0. The molecule has 184 valence electrons. The van der Waals surface area contributed by atoms with Crippen molar-refractivity contribution in [2.75, 3.05) is 12.4 Å². The number of imide groups is 1. The number of hydrogen-bond acceptors (Lipinski definition) is 6. The van der Waals surface area contributed by atoms with E-state index in [2.05, 4.69) is 17.5 Å². The summed E-state index contributed by atoms with van der Waals surface area (Å²) in [7, 11) is 1.35. The van der Waals surface area contributed by atoms with E-state index < -0.39 is 28.7 Å². The molecule has 2 saturated carbocycles. The predicted octanol–water partition coefficient (Wildman–Crippen LogP) is 3.21. The minimum Gasteiger partial charge on any atom is -0.494 e. The summed E-state index contributed by atoms with van der Waals surface area (Å²) in [6.07, 6.45) is 5.42.